The van der Waals surface area contributed by atoms with Crippen molar-refractivity contribution in [3.63, 3.8) is 0 Å². The fourth-order valence-corrected chi connectivity index (χ4v) is 4.23. The number of carbonyl (C=O) groups is 1. The number of rotatable bonds is 6. The lowest BCUT2D eigenvalue weighted by molar-refractivity contribution is -0.111. The normalized spacial score (nSPS) is 11.5. The molecule has 0 unspecified atom stereocenters. The number of benzene rings is 2. The maximum Gasteiger partial charge on any atom is 0.263 e. The summed E-state index contributed by atoms with van der Waals surface area (Å²) in [6, 6.07) is 10.8. The monoisotopic (exact) mass is 453 g/mol. The molecule has 0 saturated heterocycles. The van der Waals surface area contributed by atoms with Crippen LogP contribution < -0.4 is 10.0 Å². The van der Waals surface area contributed by atoms with Gasteiger partial charge in [0.2, 0.25) is 5.91 Å². The molecule has 6 nitrogen and oxygen atoms in total. The van der Waals surface area contributed by atoms with Gasteiger partial charge in [-0.2, -0.15) is 0 Å². The van der Waals surface area contributed by atoms with E-state index in [1.165, 1.54) is 47.9 Å². The fourth-order valence-electron chi connectivity index (χ4n) is 2.14. The summed E-state index contributed by atoms with van der Waals surface area (Å²) < 4.78 is 26.9. The van der Waals surface area contributed by atoms with Crippen LogP contribution in [-0.4, -0.2) is 19.3 Å². The molecule has 0 aliphatic carbocycles. The first-order valence-corrected chi connectivity index (χ1v) is 10.9. The topological polar surface area (TPSA) is 88.2 Å². The Bertz CT molecular complexity index is 1110. The number of anilines is 2. The van der Waals surface area contributed by atoms with Crippen LogP contribution in [0.2, 0.25) is 10.0 Å². The molecule has 0 atom stereocenters. The van der Waals surface area contributed by atoms with Crippen molar-refractivity contribution in [2.45, 2.75) is 4.90 Å². The number of amides is 1. The molecule has 3 aromatic rings. The SMILES string of the molecule is O=C(/C=C\c1ccc(Cl)c(Cl)c1)Nc1ccc(S(=O)(=O)Nc2nccs2)cc1. The molecule has 2 N–H and O–H groups in total. The number of sulfonamides is 1. The second kappa shape index (κ2) is 8.74. The summed E-state index contributed by atoms with van der Waals surface area (Å²) in [5, 5.41) is 5.43. The van der Waals surface area contributed by atoms with Gasteiger partial charge in [-0.15, -0.1) is 11.3 Å². The fraction of sp³-hybridized carbons (Fsp3) is 0. The Morgan fingerprint density at radius 3 is 2.46 bits per heavy atom. The van der Waals surface area contributed by atoms with Gasteiger partial charge in [0, 0.05) is 23.3 Å². The minimum atomic E-state index is -3.73. The maximum absolute atomic E-state index is 12.3. The van der Waals surface area contributed by atoms with Crippen LogP contribution in [0.3, 0.4) is 0 Å². The molecule has 10 heteroatoms. The van der Waals surface area contributed by atoms with Crippen molar-refractivity contribution in [3.05, 3.63) is 75.7 Å². The van der Waals surface area contributed by atoms with E-state index in [0.29, 0.717) is 15.7 Å². The quantitative estimate of drug-likeness (QED) is 0.519. The molecule has 0 spiro atoms. The number of halogens is 2. The minimum Gasteiger partial charge on any atom is -0.323 e. The molecule has 0 fully saturated rings. The largest absolute Gasteiger partial charge is 0.323 e. The lowest BCUT2D eigenvalue weighted by atomic mass is 10.2. The first-order valence-electron chi connectivity index (χ1n) is 7.80. The van der Waals surface area contributed by atoms with Crippen molar-refractivity contribution in [3.8, 4) is 0 Å². The second-order valence-corrected chi connectivity index (χ2v) is 8.85. The Morgan fingerprint density at radius 1 is 1.07 bits per heavy atom. The molecule has 1 amide bonds. The van der Waals surface area contributed by atoms with Gasteiger partial charge in [0.1, 0.15) is 0 Å². The molecule has 1 heterocycles. The lowest BCUT2D eigenvalue weighted by Gasteiger charge is -2.07. The molecule has 2 aromatic carbocycles. The zero-order valence-corrected chi connectivity index (χ0v) is 17.2. The van der Waals surface area contributed by atoms with Gasteiger partial charge >= 0.3 is 0 Å². The Hall–Kier alpha value is -2.39. The third kappa shape index (κ3) is 5.32. The van der Waals surface area contributed by atoms with Crippen LogP contribution in [0, 0.1) is 0 Å². The molecule has 3 rings (SSSR count). The number of hydrogen-bond donors (Lipinski definition) is 2. The van der Waals surface area contributed by atoms with Gasteiger partial charge in [-0.1, -0.05) is 29.3 Å². The van der Waals surface area contributed by atoms with Crippen molar-refractivity contribution in [2.24, 2.45) is 0 Å². The zero-order chi connectivity index (χ0) is 20.1. The first-order chi connectivity index (χ1) is 13.3. The van der Waals surface area contributed by atoms with Crippen LogP contribution in [0.5, 0.6) is 0 Å². The summed E-state index contributed by atoms with van der Waals surface area (Å²) in [6.07, 6.45) is 4.44. The first kappa shape index (κ1) is 20.3. The van der Waals surface area contributed by atoms with Crippen LogP contribution in [-0.2, 0) is 14.8 Å². The molecular weight excluding hydrogens is 441 g/mol. The van der Waals surface area contributed by atoms with Crippen LogP contribution >= 0.6 is 34.5 Å². The van der Waals surface area contributed by atoms with E-state index < -0.39 is 10.0 Å². The van der Waals surface area contributed by atoms with E-state index in [0.717, 1.165) is 5.56 Å². The number of nitrogens with one attached hydrogen (secondary N) is 2. The van der Waals surface area contributed by atoms with Gasteiger partial charge in [0.25, 0.3) is 10.0 Å². The predicted octanol–water partition coefficient (Wildman–Crippen LogP) is 4.90. The lowest BCUT2D eigenvalue weighted by Crippen LogP contribution is -2.13. The van der Waals surface area contributed by atoms with E-state index in [9.17, 15) is 13.2 Å². The van der Waals surface area contributed by atoms with Crippen LogP contribution in [0.25, 0.3) is 6.08 Å². The average molecular weight is 454 g/mol. The molecule has 144 valence electrons. The molecule has 0 bridgehead atoms. The number of aromatic nitrogens is 1. The van der Waals surface area contributed by atoms with Gasteiger partial charge in [0.05, 0.1) is 14.9 Å². The molecule has 0 aliphatic heterocycles. The van der Waals surface area contributed by atoms with Crippen molar-refractivity contribution < 1.29 is 13.2 Å². The van der Waals surface area contributed by atoms with Crippen molar-refractivity contribution in [1.82, 2.24) is 4.98 Å². The maximum atomic E-state index is 12.3. The minimum absolute atomic E-state index is 0.0621. The summed E-state index contributed by atoms with van der Waals surface area (Å²) in [5.41, 5.74) is 1.18. The Labute approximate surface area is 175 Å². The molecular formula is C18H13Cl2N3O3S2. The van der Waals surface area contributed by atoms with Gasteiger partial charge in [-0.05, 0) is 48.0 Å². The van der Waals surface area contributed by atoms with Gasteiger partial charge in [-0.25, -0.2) is 13.4 Å². The van der Waals surface area contributed by atoms with Crippen LogP contribution in [0.4, 0.5) is 10.8 Å². The number of thiazole rings is 1. The Balaban J connectivity index is 1.64. The molecule has 0 aliphatic rings. The molecule has 0 saturated carbocycles. The van der Waals surface area contributed by atoms with Crippen molar-refractivity contribution >= 4 is 67.4 Å². The summed E-state index contributed by atoms with van der Waals surface area (Å²) in [4.78, 5) is 16.0. The highest BCUT2D eigenvalue weighted by atomic mass is 35.5. The number of nitrogens with zero attached hydrogens (tertiary/aromatic N) is 1. The van der Waals surface area contributed by atoms with E-state index in [4.69, 9.17) is 23.2 Å². The van der Waals surface area contributed by atoms with Gasteiger partial charge < -0.3 is 5.32 Å². The Kier molecular flexibility index (Phi) is 6.35. The van der Waals surface area contributed by atoms with Crippen molar-refractivity contribution in [2.75, 3.05) is 10.0 Å². The second-order valence-electron chi connectivity index (χ2n) is 5.46. The highest BCUT2D eigenvalue weighted by Crippen LogP contribution is 2.23. The van der Waals surface area contributed by atoms with E-state index in [1.54, 1.807) is 29.7 Å². The average Bonchev–Trinajstić information content (AvgIpc) is 3.15. The zero-order valence-electron chi connectivity index (χ0n) is 14.1. The highest BCUT2D eigenvalue weighted by Gasteiger charge is 2.15. The smallest absolute Gasteiger partial charge is 0.263 e. The summed E-state index contributed by atoms with van der Waals surface area (Å²) >= 11 is 13.0. The highest BCUT2D eigenvalue weighted by molar-refractivity contribution is 7.93. The summed E-state index contributed by atoms with van der Waals surface area (Å²) in [6.45, 7) is 0. The van der Waals surface area contributed by atoms with E-state index in [-0.39, 0.29) is 15.9 Å². The molecule has 1 aromatic heterocycles. The van der Waals surface area contributed by atoms with Crippen LogP contribution in [0.1, 0.15) is 5.56 Å². The third-order valence-corrected chi connectivity index (χ3v) is 6.37. The number of carbonyl (C=O) groups excluding carboxylic acids is 1. The molecule has 28 heavy (non-hydrogen) atoms. The van der Waals surface area contributed by atoms with Gasteiger partial charge in [-0.3, -0.25) is 9.52 Å². The standard InChI is InChI=1S/C18H13Cl2N3O3S2/c19-15-7-1-12(11-16(15)20)2-8-17(24)22-13-3-5-14(6-4-13)28(25,26)23-18-21-9-10-27-18/h1-11H,(H,21,23)(H,22,24)/b8-2-. The Morgan fingerprint density at radius 2 is 1.82 bits per heavy atom. The molecule has 0 radical (unpaired) electrons. The van der Waals surface area contributed by atoms with E-state index in [2.05, 4.69) is 15.0 Å². The van der Waals surface area contributed by atoms with Crippen LogP contribution in [0.15, 0.2) is 65.0 Å². The van der Waals surface area contributed by atoms with Crippen molar-refractivity contribution in [1.29, 1.82) is 0 Å². The van der Waals surface area contributed by atoms with Gasteiger partial charge in [0.15, 0.2) is 5.13 Å². The summed E-state index contributed by atoms with van der Waals surface area (Å²) in [7, 11) is -3.73. The predicted molar refractivity (Wildman–Crippen MR) is 113 cm³/mol. The number of hydrogen-bond acceptors (Lipinski definition) is 5. The van der Waals surface area contributed by atoms with E-state index in [1.807, 2.05) is 0 Å². The summed E-state index contributed by atoms with van der Waals surface area (Å²) in [5.74, 6) is -0.373. The van der Waals surface area contributed by atoms with E-state index >= 15 is 0 Å². The third-order valence-electron chi connectivity index (χ3n) is 3.46.